The summed E-state index contributed by atoms with van der Waals surface area (Å²) >= 11 is 0. The van der Waals surface area contributed by atoms with Gasteiger partial charge in [-0.25, -0.2) is 0 Å². The van der Waals surface area contributed by atoms with E-state index >= 15 is 0 Å². The summed E-state index contributed by atoms with van der Waals surface area (Å²) in [5.74, 6) is 1.22. The molecule has 30 heavy (non-hydrogen) atoms. The summed E-state index contributed by atoms with van der Waals surface area (Å²) < 4.78 is 0. The van der Waals surface area contributed by atoms with Gasteiger partial charge in [-0.1, -0.05) is 6.07 Å². The molecule has 1 aromatic heterocycles. The molecule has 2 bridgehead atoms. The molecule has 0 spiro atoms. The molecule has 164 valence electrons. The molecule has 0 aromatic carbocycles. The van der Waals surface area contributed by atoms with Gasteiger partial charge < -0.3 is 15.1 Å². The van der Waals surface area contributed by atoms with Crippen LogP contribution < -0.4 is 5.32 Å². The van der Waals surface area contributed by atoms with Gasteiger partial charge in [-0.3, -0.25) is 19.5 Å². The van der Waals surface area contributed by atoms with E-state index < -0.39 is 0 Å². The van der Waals surface area contributed by atoms with Gasteiger partial charge in [0.05, 0.1) is 18.3 Å². The smallest absolute Gasteiger partial charge is 0.234 e. The average molecular weight is 414 g/mol. The van der Waals surface area contributed by atoms with Gasteiger partial charge in [-0.2, -0.15) is 0 Å². The third-order valence-electron chi connectivity index (χ3n) is 6.90. The molecule has 0 aliphatic carbocycles. The fourth-order valence-electron chi connectivity index (χ4n) is 5.65. The van der Waals surface area contributed by atoms with Crippen molar-refractivity contribution in [1.29, 1.82) is 0 Å². The van der Waals surface area contributed by atoms with E-state index in [0.29, 0.717) is 37.4 Å². The van der Waals surface area contributed by atoms with Gasteiger partial charge in [0, 0.05) is 44.8 Å². The van der Waals surface area contributed by atoms with E-state index in [1.807, 2.05) is 25.2 Å². The molecule has 2 amide bonds. The Balaban J connectivity index is 1.49. The summed E-state index contributed by atoms with van der Waals surface area (Å²) in [5, 5.41) is 3.11. The zero-order valence-corrected chi connectivity index (χ0v) is 18.5. The number of hydrogen-bond acceptors (Lipinski definition) is 5. The van der Waals surface area contributed by atoms with Crippen molar-refractivity contribution in [1.82, 2.24) is 25.0 Å². The van der Waals surface area contributed by atoms with Crippen LogP contribution in [0.1, 0.15) is 36.9 Å². The van der Waals surface area contributed by atoms with Gasteiger partial charge in [0.25, 0.3) is 0 Å². The Kier molecular flexibility index (Phi) is 6.39. The zero-order valence-electron chi connectivity index (χ0n) is 18.5. The third kappa shape index (κ3) is 4.67. The first-order valence-corrected chi connectivity index (χ1v) is 11.3. The van der Waals surface area contributed by atoms with Crippen molar-refractivity contribution >= 4 is 11.8 Å². The Morgan fingerprint density at radius 1 is 1.27 bits per heavy atom. The predicted molar refractivity (Wildman–Crippen MR) is 116 cm³/mol. The Bertz CT molecular complexity index is 765. The molecule has 0 unspecified atom stereocenters. The number of likely N-dealkylation sites (N-methyl/N-ethyl adjacent to an activating group) is 1. The van der Waals surface area contributed by atoms with Crippen molar-refractivity contribution in [3.8, 4) is 0 Å². The van der Waals surface area contributed by atoms with Gasteiger partial charge in [-0.05, 0) is 63.7 Å². The van der Waals surface area contributed by atoms with Crippen molar-refractivity contribution in [2.24, 2.45) is 11.8 Å². The Labute approximate surface area is 179 Å². The fraction of sp³-hybridized carbons (Fsp3) is 0.696. The number of nitrogens with one attached hydrogen (secondary N) is 1. The zero-order chi connectivity index (χ0) is 21.3. The summed E-state index contributed by atoms with van der Waals surface area (Å²) in [6.45, 7) is 5.84. The van der Waals surface area contributed by atoms with E-state index in [2.05, 4.69) is 39.2 Å². The van der Waals surface area contributed by atoms with Crippen molar-refractivity contribution in [3.63, 3.8) is 0 Å². The van der Waals surface area contributed by atoms with Crippen LogP contribution in [0, 0.1) is 18.8 Å². The minimum absolute atomic E-state index is 0.0275. The Morgan fingerprint density at radius 3 is 2.80 bits per heavy atom. The average Bonchev–Trinajstić information content (AvgIpc) is 2.69. The normalized spacial score (nSPS) is 29.1. The van der Waals surface area contributed by atoms with E-state index in [0.717, 1.165) is 44.6 Å². The largest absolute Gasteiger partial charge is 0.353 e. The highest BCUT2D eigenvalue weighted by molar-refractivity contribution is 5.79. The molecule has 7 heteroatoms. The van der Waals surface area contributed by atoms with Crippen LogP contribution in [0.3, 0.4) is 0 Å². The number of aryl methyl sites for hydroxylation is 1. The predicted octanol–water partition coefficient (Wildman–Crippen LogP) is 1.27. The minimum atomic E-state index is 0.0275. The number of aromatic nitrogens is 1. The maximum Gasteiger partial charge on any atom is 0.234 e. The highest BCUT2D eigenvalue weighted by atomic mass is 16.2. The lowest BCUT2D eigenvalue weighted by atomic mass is 9.72. The Morgan fingerprint density at radius 2 is 2.07 bits per heavy atom. The van der Waals surface area contributed by atoms with Crippen LogP contribution in [0.15, 0.2) is 18.3 Å². The second-order valence-corrected chi connectivity index (χ2v) is 9.65. The maximum absolute atomic E-state index is 12.9. The molecule has 7 nitrogen and oxygen atoms in total. The van der Waals surface area contributed by atoms with E-state index in [-0.39, 0.29) is 17.9 Å². The number of likely N-dealkylation sites (tertiary alicyclic amines) is 1. The number of pyridine rings is 1. The summed E-state index contributed by atoms with van der Waals surface area (Å²) in [4.78, 5) is 36.3. The number of carbonyl (C=O) groups excluding carboxylic acids is 2. The van der Waals surface area contributed by atoms with Crippen LogP contribution in [0.25, 0.3) is 0 Å². The number of rotatable bonds is 6. The fourth-order valence-corrected chi connectivity index (χ4v) is 5.65. The molecular weight excluding hydrogens is 378 g/mol. The first-order chi connectivity index (χ1) is 14.4. The number of carbonyl (C=O) groups is 2. The van der Waals surface area contributed by atoms with E-state index in [1.54, 1.807) is 0 Å². The van der Waals surface area contributed by atoms with E-state index in [9.17, 15) is 9.59 Å². The van der Waals surface area contributed by atoms with Crippen LogP contribution in [0.5, 0.6) is 0 Å². The van der Waals surface area contributed by atoms with Gasteiger partial charge >= 0.3 is 0 Å². The monoisotopic (exact) mass is 413 g/mol. The van der Waals surface area contributed by atoms with Crippen LogP contribution in [0.2, 0.25) is 0 Å². The standard InChI is InChI=1S/C23H35N5O2/c1-16-7-8-19(24-10-16)14-27-12-17-9-18(13-27)21(11-25-22(29)15-26(2)3)28-20(17)5-4-6-23(28)30/h7-8,10,17-18,20-21H,4-6,9,11-15H2,1-3H3,(H,25,29)/t17-,18+,20+,21+/m1/s1. The molecular formula is C23H35N5O2. The molecule has 4 heterocycles. The number of piperidine rings is 3. The van der Waals surface area contributed by atoms with Gasteiger partial charge in [0.15, 0.2) is 0 Å². The molecule has 3 saturated heterocycles. The quantitative estimate of drug-likeness (QED) is 0.761. The molecule has 4 rings (SSSR count). The number of fused-ring (bicyclic) bond motifs is 4. The van der Waals surface area contributed by atoms with Crippen LogP contribution in [0.4, 0.5) is 0 Å². The molecule has 1 N–H and O–H groups in total. The molecule has 4 atom stereocenters. The Hall–Kier alpha value is -1.99. The summed E-state index contributed by atoms with van der Waals surface area (Å²) in [6, 6.07) is 4.65. The molecule has 1 aromatic rings. The lowest BCUT2D eigenvalue weighted by molar-refractivity contribution is -0.153. The highest BCUT2D eigenvalue weighted by Crippen LogP contribution is 2.41. The summed E-state index contributed by atoms with van der Waals surface area (Å²) in [7, 11) is 3.79. The third-order valence-corrected chi connectivity index (χ3v) is 6.90. The maximum atomic E-state index is 12.9. The molecule has 3 aliphatic rings. The van der Waals surface area contributed by atoms with Gasteiger partial charge in [0.2, 0.25) is 11.8 Å². The van der Waals surface area contributed by atoms with E-state index in [4.69, 9.17) is 0 Å². The highest BCUT2D eigenvalue weighted by Gasteiger charge is 2.49. The second kappa shape index (κ2) is 9.02. The van der Waals surface area contributed by atoms with E-state index in [1.165, 1.54) is 5.56 Å². The lowest BCUT2D eigenvalue weighted by Crippen LogP contribution is -2.67. The summed E-state index contributed by atoms with van der Waals surface area (Å²) in [6.07, 6.45) is 5.81. The van der Waals surface area contributed by atoms with Crippen molar-refractivity contribution in [2.75, 3.05) is 40.3 Å². The SMILES string of the molecule is Cc1ccc(CN2C[C@H]3C[C@@H](C2)[C@H](CNC(=O)CN(C)C)N2C(=O)CCC[C@@H]32)nc1. The van der Waals surface area contributed by atoms with Crippen LogP contribution in [-0.2, 0) is 16.1 Å². The van der Waals surface area contributed by atoms with Crippen molar-refractivity contribution in [2.45, 2.75) is 51.2 Å². The number of hydrogen-bond donors (Lipinski definition) is 1. The minimum Gasteiger partial charge on any atom is -0.353 e. The topological polar surface area (TPSA) is 68.8 Å². The molecule has 0 radical (unpaired) electrons. The van der Waals surface area contributed by atoms with Gasteiger partial charge in [-0.15, -0.1) is 0 Å². The van der Waals surface area contributed by atoms with Crippen molar-refractivity contribution < 1.29 is 9.59 Å². The number of amides is 2. The molecule has 3 fully saturated rings. The first kappa shape index (κ1) is 21.2. The first-order valence-electron chi connectivity index (χ1n) is 11.3. The van der Waals surface area contributed by atoms with Gasteiger partial charge in [0.1, 0.15) is 0 Å². The van der Waals surface area contributed by atoms with Crippen LogP contribution in [-0.4, -0.2) is 83.9 Å². The summed E-state index contributed by atoms with van der Waals surface area (Å²) in [5.41, 5.74) is 2.28. The number of nitrogens with zero attached hydrogens (tertiary/aromatic N) is 4. The lowest BCUT2D eigenvalue weighted by Gasteiger charge is -2.56. The van der Waals surface area contributed by atoms with Crippen molar-refractivity contribution in [3.05, 3.63) is 29.6 Å². The second-order valence-electron chi connectivity index (χ2n) is 9.65. The van der Waals surface area contributed by atoms with Crippen LogP contribution >= 0.6 is 0 Å². The molecule has 0 saturated carbocycles. The molecule has 3 aliphatic heterocycles.